The summed E-state index contributed by atoms with van der Waals surface area (Å²) >= 11 is 0. The fraction of sp³-hybridized carbons (Fsp3) is 0.462. The Morgan fingerprint density at radius 2 is 1.71 bits per heavy atom. The standard InChI is InChI=1S/C26H33N3O2/c1-25(2,3)21-10-13-22(14-11-21)27-24(30)29-17-15-26(16-18-29)19-23(28-31-26)12-9-20-7-5-4-6-8-20/h4-8,10-11,13-14H,9,12,15-19H2,1-3H3,(H,27,30). The van der Waals surface area contributed by atoms with Crippen LogP contribution in [0.15, 0.2) is 59.8 Å². The lowest BCUT2D eigenvalue weighted by molar-refractivity contribution is -0.0544. The Morgan fingerprint density at radius 3 is 2.35 bits per heavy atom. The van der Waals surface area contributed by atoms with E-state index in [0.29, 0.717) is 13.1 Å². The van der Waals surface area contributed by atoms with E-state index in [0.717, 1.165) is 43.5 Å². The Kier molecular flexibility index (Phi) is 6.03. The van der Waals surface area contributed by atoms with Gasteiger partial charge in [-0.3, -0.25) is 0 Å². The zero-order valence-electron chi connectivity index (χ0n) is 18.9. The minimum absolute atomic E-state index is 0.0402. The molecule has 5 nitrogen and oxygen atoms in total. The van der Waals surface area contributed by atoms with Crippen molar-refractivity contribution in [3.63, 3.8) is 0 Å². The highest BCUT2D eigenvalue weighted by Crippen LogP contribution is 2.35. The molecule has 2 aliphatic heterocycles. The van der Waals surface area contributed by atoms with E-state index in [1.807, 2.05) is 23.1 Å². The zero-order chi connectivity index (χ0) is 21.9. The molecule has 0 atom stereocenters. The van der Waals surface area contributed by atoms with Crippen LogP contribution in [-0.2, 0) is 16.7 Å². The van der Waals surface area contributed by atoms with Crippen molar-refractivity contribution in [1.82, 2.24) is 4.90 Å². The summed E-state index contributed by atoms with van der Waals surface area (Å²) in [7, 11) is 0. The number of nitrogens with one attached hydrogen (secondary N) is 1. The number of amides is 2. The molecule has 2 aliphatic rings. The van der Waals surface area contributed by atoms with Gasteiger partial charge in [0.15, 0.2) is 0 Å². The smallest absolute Gasteiger partial charge is 0.321 e. The van der Waals surface area contributed by atoms with E-state index in [-0.39, 0.29) is 17.0 Å². The fourth-order valence-corrected chi connectivity index (χ4v) is 4.31. The second kappa shape index (κ2) is 8.74. The summed E-state index contributed by atoms with van der Waals surface area (Å²) < 4.78 is 0. The number of carbonyl (C=O) groups excluding carboxylic acids is 1. The quantitative estimate of drug-likeness (QED) is 0.685. The second-order valence-electron chi connectivity index (χ2n) is 9.84. The molecule has 2 aromatic rings. The van der Waals surface area contributed by atoms with Crippen molar-refractivity contribution in [2.75, 3.05) is 18.4 Å². The fourth-order valence-electron chi connectivity index (χ4n) is 4.31. The summed E-state index contributed by atoms with van der Waals surface area (Å²) in [5, 5.41) is 7.42. The van der Waals surface area contributed by atoms with E-state index in [4.69, 9.17) is 4.84 Å². The molecule has 2 heterocycles. The highest BCUT2D eigenvalue weighted by Gasteiger charge is 2.42. The molecule has 31 heavy (non-hydrogen) atoms. The first kappa shape index (κ1) is 21.4. The topological polar surface area (TPSA) is 53.9 Å². The van der Waals surface area contributed by atoms with Crippen LogP contribution in [0.4, 0.5) is 10.5 Å². The molecule has 0 aromatic heterocycles. The van der Waals surface area contributed by atoms with Gasteiger partial charge in [-0.1, -0.05) is 68.4 Å². The maximum atomic E-state index is 12.7. The largest absolute Gasteiger partial charge is 0.389 e. The number of benzene rings is 2. The molecular formula is C26H33N3O2. The molecule has 0 bridgehead atoms. The highest BCUT2D eigenvalue weighted by atomic mass is 16.7. The lowest BCUT2D eigenvalue weighted by Crippen LogP contribution is -2.48. The first-order valence-corrected chi connectivity index (χ1v) is 11.3. The van der Waals surface area contributed by atoms with Crippen molar-refractivity contribution in [2.45, 2.75) is 63.9 Å². The Labute approximate surface area is 185 Å². The Bertz CT molecular complexity index is 921. The normalized spacial score (nSPS) is 17.9. The molecule has 164 valence electrons. The molecular weight excluding hydrogens is 386 g/mol. The number of hydrogen-bond acceptors (Lipinski definition) is 3. The van der Waals surface area contributed by atoms with E-state index in [2.05, 4.69) is 67.6 Å². The lowest BCUT2D eigenvalue weighted by atomic mass is 9.86. The molecule has 5 heteroatoms. The first-order valence-electron chi connectivity index (χ1n) is 11.3. The third-order valence-corrected chi connectivity index (χ3v) is 6.40. The van der Waals surface area contributed by atoms with Crippen LogP contribution in [0.5, 0.6) is 0 Å². The third-order valence-electron chi connectivity index (χ3n) is 6.40. The van der Waals surface area contributed by atoms with Gasteiger partial charge < -0.3 is 15.1 Å². The zero-order valence-corrected chi connectivity index (χ0v) is 18.9. The first-order chi connectivity index (χ1) is 14.8. The van der Waals surface area contributed by atoms with Gasteiger partial charge in [0.2, 0.25) is 0 Å². The van der Waals surface area contributed by atoms with Crippen LogP contribution < -0.4 is 5.32 Å². The molecule has 1 saturated heterocycles. The minimum atomic E-state index is -0.225. The van der Waals surface area contributed by atoms with Gasteiger partial charge in [0.05, 0.1) is 5.71 Å². The van der Waals surface area contributed by atoms with Gasteiger partial charge >= 0.3 is 6.03 Å². The molecule has 0 radical (unpaired) electrons. The average Bonchev–Trinajstić information content (AvgIpc) is 3.15. The summed E-state index contributed by atoms with van der Waals surface area (Å²) in [6, 6.07) is 18.6. The minimum Gasteiger partial charge on any atom is -0.389 e. The molecule has 1 fully saturated rings. The van der Waals surface area contributed by atoms with Crippen molar-refractivity contribution >= 4 is 17.4 Å². The lowest BCUT2D eigenvalue weighted by Gasteiger charge is -2.37. The van der Waals surface area contributed by atoms with E-state index in [9.17, 15) is 4.79 Å². The van der Waals surface area contributed by atoms with Gasteiger partial charge in [0.1, 0.15) is 5.60 Å². The van der Waals surface area contributed by atoms with Crippen molar-refractivity contribution in [1.29, 1.82) is 0 Å². The number of likely N-dealkylation sites (tertiary alicyclic amines) is 1. The van der Waals surface area contributed by atoms with E-state index >= 15 is 0 Å². The van der Waals surface area contributed by atoms with Crippen LogP contribution in [0.2, 0.25) is 0 Å². The summed E-state index contributed by atoms with van der Waals surface area (Å²) in [6.07, 6.45) is 4.44. The number of oxime groups is 1. The van der Waals surface area contributed by atoms with Crippen molar-refractivity contribution < 1.29 is 9.63 Å². The van der Waals surface area contributed by atoms with Crippen molar-refractivity contribution in [3.05, 3.63) is 65.7 Å². The monoisotopic (exact) mass is 419 g/mol. The van der Waals surface area contributed by atoms with Crippen LogP contribution in [0.3, 0.4) is 0 Å². The van der Waals surface area contributed by atoms with Crippen LogP contribution in [0.25, 0.3) is 0 Å². The molecule has 2 aromatic carbocycles. The van der Waals surface area contributed by atoms with Gasteiger partial charge in [0, 0.05) is 38.0 Å². The van der Waals surface area contributed by atoms with Gasteiger partial charge in [-0.2, -0.15) is 0 Å². The van der Waals surface area contributed by atoms with E-state index < -0.39 is 0 Å². The van der Waals surface area contributed by atoms with E-state index in [1.165, 1.54) is 11.1 Å². The molecule has 1 spiro atoms. The number of hydrogen-bond donors (Lipinski definition) is 1. The Hall–Kier alpha value is -2.82. The van der Waals surface area contributed by atoms with E-state index in [1.54, 1.807) is 0 Å². The van der Waals surface area contributed by atoms with Crippen LogP contribution >= 0.6 is 0 Å². The summed E-state index contributed by atoms with van der Waals surface area (Å²) in [6.45, 7) is 7.94. The number of anilines is 1. The van der Waals surface area contributed by atoms with Crippen LogP contribution in [-0.4, -0.2) is 35.3 Å². The predicted octanol–water partition coefficient (Wildman–Crippen LogP) is 5.76. The van der Waals surface area contributed by atoms with Crippen molar-refractivity contribution in [3.8, 4) is 0 Å². The number of nitrogens with zero attached hydrogens (tertiary/aromatic N) is 2. The van der Waals surface area contributed by atoms with Gasteiger partial charge in [-0.25, -0.2) is 4.79 Å². The Morgan fingerprint density at radius 1 is 1.03 bits per heavy atom. The predicted molar refractivity (Wildman–Crippen MR) is 126 cm³/mol. The van der Waals surface area contributed by atoms with Gasteiger partial charge in [-0.05, 0) is 41.5 Å². The highest BCUT2D eigenvalue weighted by molar-refractivity contribution is 5.89. The summed E-state index contributed by atoms with van der Waals surface area (Å²) in [4.78, 5) is 20.5. The maximum absolute atomic E-state index is 12.7. The number of urea groups is 1. The average molecular weight is 420 g/mol. The molecule has 4 rings (SSSR count). The van der Waals surface area contributed by atoms with Gasteiger partial charge in [-0.15, -0.1) is 0 Å². The van der Waals surface area contributed by atoms with Crippen molar-refractivity contribution in [2.24, 2.45) is 5.16 Å². The number of aryl methyl sites for hydroxylation is 1. The SMILES string of the molecule is CC(C)(C)c1ccc(NC(=O)N2CCC3(CC2)CC(CCc2ccccc2)=NO3)cc1. The third kappa shape index (κ3) is 5.27. The molecule has 0 aliphatic carbocycles. The van der Waals surface area contributed by atoms with Gasteiger partial charge in [0.25, 0.3) is 0 Å². The molecule has 0 unspecified atom stereocenters. The van der Waals surface area contributed by atoms with Crippen LogP contribution in [0.1, 0.15) is 57.6 Å². The number of piperidine rings is 1. The molecule has 1 N–H and O–H groups in total. The second-order valence-corrected chi connectivity index (χ2v) is 9.84. The Balaban J connectivity index is 1.24. The van der Waals surface area contributed by atoms with Crippen LogP contribution in [0, 0.1) is 0 Å². The summed E-state index contributed by atoms with van der Waals surface area (Å²) in [5.74, 6) is 0. The molecule has 0 saturated carbocycles. The maximum Gasteiger partial charge on any atom is 0.321 e. The summed E-state index contributed by atoms with van der Waals surface area (Å²) in [5.41, 5.74) is 4.44. The number of carbonyl (C=O) groups is 1. The molecule has 2 amide bonds. The number of rotatable bonds is 4.